The molecule has 1 aromatic heterocycles. The van der Waals surface area contributed by atoms with Crippen LogP contribution in [0.2, 0.25) is 0 Å². The number of aromatic nitrogens is 1. The fourth-order valence-corrected chi connectivity index (χ4v) is 4.25. The molecule has 1 amide bonds. The Morgan fingerprint density at radius 3 is 2.68 bits per heavy atom. The SMILES string of the molecule is C#CCN(C)Cc1nc(C2(O)CCN(C(=O)C(CC)CC)CC2)cs1. The molecule has 0 atom stereocenters. The van der Waals surface area contributed by atoms with Gasteiger partial charge in [0.1, 0.15) is 10.6 Å². The number of nitrogens with zero attached hydrogens (tertiary/aromatic N) is 3. The lowest BCUT2D eigenvalue weighted by Gasteiger charge is -2.38. The van der Waals surface area contributed by atoms with Crippen molar-refractivity contribution in [2.75, 3.05) is 26.7 Å². The Morgan fingerprint density at radius 2 is 2.12 bits per heavy atom. The average molecular weight is 364 g/mol. The molecule has 25 heavy (non-hydrogen) atoms. The van der Waals surface area contributed by atoms with Crippen LogP contribution in [0.3, 0.4) is 0 Å². The number of aliphatic hydroxyl groups is 1. The summed E-state index contributed by atoms with van der Waals surface area (Å²) in [6.07, 6.45) is 8.16. The first kappa shape index (κ1) is 19.9. The second-order valence-corrected chi connectivity index (χ2v) is 7.82. The summed E-state index contributed by atoms with van der Waals surface area (Å²) in [4.78, 5) is 21.0. The molecule has 1 N–H and O–H groups in total. The van der Waals surface area contributed by atoms with Crippen molar-refractivity contribution in [2.24, 2.45) is 5.92 Å². The summed E-state index contributed by atoms with van der Waals surface area (Å²) in [6.45, 7) is 6.56. The number of terminal acetylenes is 1. The molecule has 0 aromatic carbocycles. The average Bonchev–Trinajstić information content (AvgIpc) is 3.06. The molecule has 1 aliphatic heterocycles. The van der Waals surface area contributed by atoms with Crippen molar-refractivity contribution in [3.8, 4) is 12.3 Å². The Hall–Kier alpha value is -1.42. The maximum absolute atomic E-state index is 12.5. The standard InChI is InChI=1S/C19H29N3O2S/c1-5-10-21(4)13-17-20-16(14-25-17)19(24)8-11-22(12-9-19)18(23)15(6-2)7-3/h1,14-15,24H,6-13H2,2-4H3. The lowest BCUT2D eigenvalue weighted by atomic mass is 9.88. The molecule has 1 fully saturated rings. The smallest absolute Gasteiger partial charge is 0.225 e. The number of hydrogen-bond donors (Lipinski definition) is 1. The maximum atomic E-state index is 12.5. The fraction of sp³-hybridized carbons (Fsp3) is 0.684. The quantitative estimate of drug-likeness (QED) is 0.756. The molecule has 0 saturated carbocycles. The molecule has 0 bridgehead atoms. The Kier molecular flexibility index (Phi) is 7.00. The van der Waals surface area contributed by atoms with Gasteiger partial charge in [0.15, 0.2) is 0 Å². The van der Waals surface area contributed by atoms with Gasteiger partial charge in [0.2, 0.25) is 5.91 Å². The first-order chi connectivity index (χ1) is 11.9. The number of amides is 1. The highest BCUT2D eigenvalue weighted by atomic mass is 32.1. The minimum atomic E-state index is -0.926. The van der Waals surface area contributed by atoms with Gasteiger partial charge >= 0.3 is 0 Å². The van der Waals surface area contributed by atoms with Gasteiger partial charge in [-0.15, -0.1) is 17.8 Å². The molecule has 0 aliphatic carbocycles. The van der Waals surface area contributed by atoms with Crippen LogP contribution in [0.25, 0.3) is 0 Å². The molecule has 5 nitrogen and oxygen atoms in total. The summed E-state index contributed by atoms with van der Waals surface area (Å²) in [5.41, 5.74) is -0.194. The number of likely N-dealkylation sites (tertiary alicyclic amines) is 1. The van der Waals surface area contributed by atoms with Crippen LogP contribution in [0.1, 0.15) is 50.2 Å². The minimum Gasteiger partial charge on any atom is -0.383 e. The maximum Gasteiger partial charge on any atom is 0.225 e. The zero-order chi connectivity index (χ0) is 18.4. The van der Waals surface area contributed by atoms with Gasteiger partial charge in [-0.25, -0.2) is 4.98 Å². The molecule has 2 heterocycles. The summed E-state index contributed by atoms with van der Waals surface area (Å²) < 4.78 is 0. The molecule has 1 aliphatic rings. The van der Waals surface area contributed by atoms with Crippen molar-refractivity contribution >= 4 is 17.2 Å². The lowest BCUT2D eigenvalue weighted by Crippen LogP contribution is -2.47. The third kappa shape index (κ3) is 4.81. The number of rotatable bonds is 7. The number of piperidine rings is 1. The van der Waals surface area contributed by atoms with E-state index in [-0.39, 0.29) is 11.8 Å². The van der Waals surface area contributed by atoms with E-state index in [1.807, 2.05) is 22.2 Å². The molecule has 6 heteroatoms. The van der Waals surface area contributed by atoms with Crippen LogP contribution in [0.4, 0.5) is 0 Å². The summed E-state index contributed by atoms with van der Waals surface area (Å²) in [5, 5.41) is 13.9. The number of carbonyl (C=O) groups is 1. The van der Waals surface area contributed by atoms with E-state index >= 15 is 0 Å². The molecule has 0 radical (unpaired) electrons. The van der Waals surface area contributed by atoms with Gasteiger partial charge in [0.05, 0.1) is 18.8 Å². The highest BCUT2D eigenvalue weighted by Crippen LogP contribution is 2.34. The summed E-state index contributed by atoms with van der Waals surface area (Å²) in [6, 6.07) is 0. The van der Waals surface area contributed by atoms with Crippen LogP contribution in [0.15, 0.2) is 5.38 Å². The topological polar surface area (TPSA) is 56.7 Å². The van der Waals surface area contributed by atoms with Crippen molar-refractivity contribution in [3.05, 3.63) is 16.1 Å². The van der Waals surface area contributed by atoms with E-state index in [1.54, 1.807) is 11.3 Å². The van der Waals surface area contributed by atoms with Crippen molar-refractivity contribution in [3.63, 3.8) is 0 Å². The van der Waals surface area contributed by atoms with Crippen LogP contribution >= 0.6 is 11.3 Å². The number of thiazole rings is 1. The number of carbonyl (C=O) groups excluding carboxylic acids is 1. The second-order valence-electron chi connectivity index (χ2n) is 6.87. The fourth-order valence-electron chi connectivity index (χ4n) is 3.29. The Balaban J connectivity index is 1.97. The van der Waals surface area contributed by atoms with Gasteiger partial charge in [-0.2, -0.15) is 0 Å². The predicted octanol–water partition coefficient (Wildman–Crippen LogP) is 2.45. The van der Waals surface area contributed by atoms with Crippen molar-refractivity contribution in [1.82, 2.24) is 14.8 Å². The third-order valence-corrected chi connectivity index (χ3v) is 5.87. The molecule has 138 valence electrons. The van der Waals surface area contributed by atoms with E-state index in [0.29, 0.717) is 39.0 Å². The van der Waals surface area contributed by atoms with Gasteiger partial charge in [-0.05, 0) is 32.7 Å². The zero-order valence-electron chi connectivity index (χ0n) is 15.5. The van der Waals surface area contributed by atoms with Gasteiger partial charge in [-0.1, -0.05) is 19.8 Å². The Morgan fingerprint density at radius 1 is 1.48 bits per heavy atom. The Labute approximate surface area is 155 Å². The van der Waals surface area contributed by atoms with E-state index in [1.165, 1.54) is 0 Å². The van der Waals surface area contributed by atoms with Crippen LogP contribution in [0.5, 0.6) is 0 Å². The molecular weight excluding hydrogens is 334 g/mol. The molecular formula is C19H29N3O2S. The zero-order valence-corrected chi connectivity index (χ0v) is 16.3. The van der Waals surface area contributed by atoms with Crippen LogP contribution < -0.4 is 0 Å². The van der Waals surface area contributed by atoms with Crippen LogP contribution in [0, 0.1) is 18.3 Å². The molecule has 1 saturated heterocycles. The Bertz CT molecular complexity index is 610. The molecule has 0 spiro atoms. The molecule has 1 aromatic rings. The normalized spacial score (nSPS) is 17.1. The van der Waals surface area contributed by atoms with Gasteiger partial charge in [0.25, 0.3) is 0 Å². The number of hydrogen-bond acceptors (Lipinski definition) is 5. The largest absolute Gasteiger partial charge is 0.383 e. The van der Waals surface area contributed by atoms with Gasteiger partial charge in [0, 0.05) is 24.4 Å². The summed E-state index contributed by atoms with van der Waals surface area (Å²) in [5.74, 6) is 2.94. The predicted molar refractivity (Wildman–Crippen MR) is 101 cm³/mol. The van der Waals surface area contributed by atoms with E-state index in [0.717, 1.165) is 23.5 Å². The van der Waals surface area contributed by atoms with Gasteiger partial charge < -0.3 is 10.0 Å². The van der Waals surface area contributed by atoms with E-state index in [2.05, 4.69) is 24.8 Å². The molecule has 0 unspecified atom stereocenters. The van der Waals surface area contributed by atoms with Gasteiger partial charge in [-0.3, -0.25) is 9.69 Å². The first-order valence-electron chi connectivity index (χ1n) is 9.01. The van der Waals surface area contributed by atoms with Crippen molar-refractivity contribution < 1.29 is 9.90 Å². The summed E-state index contributed by atoms with van der Waals surface area (Å²) >= 11 is 1.55. The highest BCUT2D eigenvalue weighted by Gasteiger charge is 2.38. The van der Waals surface area contributed by atoms with Crippen molar-refractivity contribution in [2.45, 2.75) is 51.7 Å². The second kappa shape index (κ2) is 8.79. The first-order valence-corrected chi connectivity index (χ1v) is 9.89. The summed E-state index contributed by atoms with van der Waals surface area (Å²) in [7, 11) is 1.96. The van der Waals surface area contributed by atoms with E-state index in [9.17, 15) is 9.90 Å². The van der Waals surface area contributed by atoms with Crippen LogP contribution in [-0.2, 0) is 16.9 Å². The lowest BCUT2D eigenvalue weighted by molar-refractivity contribution is -0.140. The third-order valence-electron chi connectivity index (χ3n) is 5.03. The molecule has 2 rings (SSSR count). The minimum absolute atomic E-state index is 0.101. The van der Waals surface area contributed by atoms with E-state index in [4.69, 9.17) is 6.42 Å². The monoisotopic (exact) mass is 363 g/mol. The van der Waals surface area contributed by atoms with Crippen LogP contribution in [-0.4, -0.2) is 52.5 Å². The van der Waals surface area contributed by atoms with E-state index < -0.39 is 5.60 Å². The van der Waals surface area contributed by atoms with Crippen molar-refractivity contribution in [1.29, 1.82) is 0 Å². The highest BCUT2D eigenvalue weighted by molar-refractivity contribution is 7.09.